The van der Waals surface area contributed by atoms with Gasteiger partial charge in [-0.15, -0.1) is 5.92 Å². The zero-order valence-electron chi connectivity index (χ0n) is 25.3. The van der Waals surface area contributed by atoms with Crippen molar-refractivity contribution in [2.75, 3.05) is 18.0 Å². The van der Waals surface area contributed by atoms with Crippen molar-refractivity contribution in [3.05, 3.63) is 76.0 Å². The van der Waals surface area contributed by atoms with Crippen molar-refractivity contribution in [2.45, 2.75) is 65.3 Å². The van der Waals surface area contributed by atoms with Gasteiger partial charge in [0.25, 0.3) is 5.56 Å². The molecule has 3 aromatic heterocycles. The summed E-state index contributed by atoms with van der Waals surface area (Å²) in [7, 11) is 0. The lowest BCUT2D eigenvalue weighted by atomic mass is 10.0. The third-order valence-electron chi connectivity index (χ3n) is 7.77. The van der Waals surface area contributed by atoms with Crippen molar-refractivity contribution in [3.63, 3.8) is 0 Å². The first-order valence-corrected chi connectivity index (χ1v) is 14.8. The van der Waals surface area contributed by atoms with Crippen LogP contribution in [0.4, 0.5) is 10.7 Å². The lowest BCUT2D eigenvalue weighted by molar-refractivity contribution is -0.584. The Bertz CT molecular complexity index is 2010. The van der Waals surface area contributed by atoms with Crippen LogP contribution < -0.4 is 20.5 Å². The van der Waals surface area contributed by atoms with Crippen molar-refractivity contribution >= 4 is 44.8 Å². The first-order chi connectivity index (χ1) is 21.1. The van der Waals surface area contributed by atoms with E-state index in [1.165, 1.54) is 4.68 Å². The second kappa shape index (κ2) is 11.5. The summed E-state index contributed by atoms with van der Waals surface area (Å²) in [5.41, 5.74) is 0.808. The smallest absolute Gasteiger partial charge is 0.407 e. The number of fused-ring (bicyclic) bond motifs is 4. The number of nitrogens with one attached hydrogen (secondary N) is 1. The first kappa shape index (κ1) is 29.0. The van der Waals surface area contributed by atoms with Crippen LogP contribution in [0.3, 0.4) is 0 Å². The number of ether oxygens (including phenoxy) is 1. The number of pyridine rings is 1. The minimum atomic E-state index is -0.595. The Labute approximate surface area is 254 Å². The van der Waals surface area contributed by atoms with Gasteiger partial charge >= 0.3 is 6.09 Å². The molecule has 1 atom stereocenters. The van der Waals surface area contributed by atoms with Gasteiger partial charge < -0.3 is 20.2 Å². The molecule has 1 aliphatic rings. The van der Waals surface area contributed by atoms with E-state index in [0.717, 1.165) is 33.7 Å². The maximum atomic E-state index is 14.1. The van der Waals surface area contributed by atoms with E-state index in [1.807, 2.05) is 67.8 Å². The Morgan fingerprint density at radius 3 is 2.61 bits per heavy atom. The standard InChI is InChI=1S/C33H35N7O4/c1-5-6-18-38-29-26(36-31(38)37-17-11-12-22(20-37)35-32(42)44-33(2,3)4)19-34-39(30(29)41)21-28-25-15-8-7-13-23(25)24-14-9-10-16-27(24)40(28)43/h7-10,13-16,19,22H,11-12,17-18,20-21H2,1-4H3,(H,35,42)/t22-/m1/s1. The molecule has 1 amide bonds. The van der Waals surface area contributed by atoms with Crippen LogP contribution in [-0.4, -0.2) is 50.2 Å². The number of nitrogens with zero attached hydrogens (tertiary/aromatic N) is 6. The molecule has 1 fully saturated rings. The highest BCUT2D eigenvalue weighted by atomic mass is 16.6. The number of amides is 1. The number of hydrogen-bond donors (Lipinski definition) is 1. The molecule has 226 valence electrons. The molecule has 5 aromatic rings. The van der Waals surface area contributed by atoms with E-state index < -0.39 is 11.7 Å². The molecule has 11 nitrogen and oxygen atoms in total. The summed E-state index contributed by atoms with van der Waals surface area (Å²) in [5, 5.41) is 23.6. The second-order valence-electron chi connectivity index (χ2n) is 12.0. The van der Waals surface area contributed by atoms with Gasteiger partial charge in [0, 0.05) is 30.6 Å². The maximum absolute atomic E-state index is 14.1. The number of rotatable bonds is 5. The van der Waals surface area contributed by atoms with E-state index in [4.69, 9.17) is 9.72 Å². The lowest BCUT2D eigenvalue weighted by Gasteiger charge is -2.34. The monoisotopic (exact) mass is 593 g/mol. The minimum absolute atomic E-state index is 0.0187. The highest BCUT2D eigenvalue weighted by Crippen LogP contribution is 2.26. The number of imidazole rings is 1. The Hall–Kier alpha value is -5.11. The number of aromatic nitrogens is 5. The number of benzene rings is 2. The van der Waals surface area contributed by atoms with Gasteiger partial charge in [-0.05, 0) is 52.7 Å². The highest BCUT2D eigenvalue weighted by Gasteiger charge is 2.28. The van der Waals surface area contributed by atoms with E-state index in [0.29, 0.717) is 41.3 Å². The average molecular weight is 594 g/mol. The molecule has 6 rings (SSSR count). The molecular weight excluding hydrogens is 558 g/mol. The van der Waals surface area contributed by atoms with Gasteiger partial charge in [0.05, 0.1) is 23.5 Å². The molecule has 0 bridgehead atoms. The molecule has 44 heavy (non-hydrogen) atoms. The summed E-state index contributed by atoms with van der Waals surface area (Å²) in [6, 6.07) is 15.0. The molecule has 0 aliphatic carbocycles. The largest absolute Gasteiger partial charge is 0.618 e. The van der Waals surface area contributed by atoms with E-state index in [1.54, 1.807) is 19.2 Å². The van der Waals surface area contributed by atoms with Crippen LogP contribution >= 0.6 is 0 Å². The van der Waals surface area contributed by atoms with Gasteiger partial charge in [-0.1, -0.05) is 36.3 Å². The number of anilines is 1. The normalized spacial score (nSPS) is 15.4. The zero-order valence-corrected chi connectivity index (χ0v) is 25.3. The molecule has 11 heteroatoms. The van der Waals surface area contributed by atoms with Gasteiger partial charge in [-0.25, -0.2) is 14.5 Å². The molecular formula is C33H35N7O4. The summed E-state index contributed by atoms with van der Waals surface area (Å²) in [6.07, 6.45) is 2.73. The molecule has 0 saturated carbocycles. The molecule has 1 aliphatic heterocycles. The fourth-order valence-corrected chi connectivity index (χ4v) is 5.88. The highest BCUT2D eigenvalue weighted by molar-refractivity contribution is 6.04. The molecule has 0 radical (unpaired) electrons. The number of carbonyl (C=O) groups is 1. The van der Waals surface area contributed by atoms with Crippen LogP contribution in [0.15, 0.2) is 59.5 Å². The molecule has 4 heterocycles. The van der Waals surface area contributed by atoms with Crippen LogP contribution in [0, 0.1) is 17.0 Å². The molecule has 0 spiro atoms. The Morgan fingerprint density at radius 1 is 1.14 bits per heavy atom. The third-order valence-corrected chi connectivity index (χ3v) is 7.77. The van der Waals surface area contributed by atoms with E-state index in [-0.39, 0.29) is 24.7 Å². The second-order valence-corrected chi connectivity index (χ2v) is 12.0. The van der Waals surface area contributed by atoms with Gasteiger partial charge in [0.1, 0.15) is 23.2 Å². The zero-order chi connectivity index (χ0) is 31.0. The van der Waals surface area contributed by atoms with E-state index >= 15 is 0 Å². The van der Waals surface area contributed by atoms with Crippen LogP contribution in [0.1, 0.15) is 46.2 Å². The number of alkyl carbamates (subject to hydrolysis) is 1. The van der Waals surface area contributed by atoms with E-state index in [9.17, 15) is 14.8 Å². The maximum Gasteiger partial charge on any atom is 0.407 e. The van der Waals surface area contributed by atoms with Crippen molar-refractivity contribution in [1.29, 1.82) is 0 Å². The summed E-state index contributed by atoms with van der Waals surface area (Å²) in [6.45, 7) is 8.68. The van der Waals surface area contributed by atoms with Crippen LogP contribution in [0.25, 0.3) is 32.7 Å². The van der Waals surface area contributed by atoms with Gasteiger partial charge in [-0.2, -0.15) is 9.83 Å². The van der Waals surface area contributed by atoms with Crippen molar-refractivity contribution < 1.29 is 14.3 Å². The van der Waals surface area contributed by atoms with Gasteiger partial charge in [-0.3, -0.25) is 9.36 Å². The summed E-state index contributed by atoms with van der Waals surface area (Å²) >= 11 is 0. The molecule has 2 aromatic carbocycles. The predicted octanol–water partition coefficient (Wildman–Crippen LogP) is 4.10. The topological polar surface area (TPSA) is 121 Å². The first-order valence-electron chi connectivity index (χ1n) is 14.8. The predicted molar refractivity (Wildman–Crippen MR) is 169 cm³/mol. The average Bonchev–Trinajstić information content (AvgIpc) is 3.37. The Balaban J connectivity index is 1.39. The number of para-hydroxylation sites is 1. The van der Waals surface area contributed by atoms with Crippen molar-refractivity contribution in [1.82, 2.24) is 24.6 Å². The van der Waals surface area contributed by atoms with Gasteiger partial charge in [0.15, 0.2) is 0 Å². The fourth-order valence-electron chi connectivity index (χ4n) is 5.88. The summed E-state index contributed by atoms with van der Waals surface area (Å²) < 4.78 is 9.48. The number of hydrogen-bond acceptors (Lipinski definition) is 7. The number of piperidine rings is 1. The van der Waals surface area contributed by atoms with Crippen LogP contribution in [-0.2, 0) is 17.8 Å². The molecule has 0 unspecified atom stereocenters. The quantitative estimate of drug-likeness (QED) is 0.141. The van der Waals surface area contributed by atoms with Crippen molar-refractivity contribution in [2.24, 2.45) is 0 Å². The summed E-state index contributed by atoms with van der Waals surface area (Å²) in [4.78, 5) is 33.4. The van der Waals surface area contributed by atoms with Crippen molar-refractivity contribution in [3.8, 4) is 11.8 Å². The lowest BCUT2D eigenvalue weighted by Crippen LogP contribution is -2.49. The summed E-state index contributed by atoms with van der Waals surface area (Å²) in [5.74, 6) is 6.58. The third kappa shape index (κ3) is 5.51. The SMILES string of the molecule is CC#CCn1c(N2CCC[C@@H](NC(=O)OC(C)(C)C)C2)nc2cnn(Cc3c4ccccc4c4ccccc4[n+]3[O-])c(=O)c21. The number of carbonyl (C=O) groups excluding carboxylic acids is 1. The van der Waals surface area contributed by atoms with E-state index in [2.05, 4.69) is 27.2 Å². The minimum Gasteiger partial charge on any atom is -0.618 e. The van der Waals surface area contributed by atoms with Gasteiger partial charge in [0.2, 0.25) is 17.2 Å². The molecule has 1 N–H and O–H groups in total. The Morgan fingerprint density at radius 2 is 1.86 bits per heavy atom. The Kier molecular flexibility index (Phi) is 7.59. The van der Waals surface area contributed by atoms with Crippen LogP contribution in [0.2, 0.25) is 0 Å². The molecule has 1 saturated heterocycles. The van der Waals surface area contributed by atoms with Crippen LogP contribution in [0.5, 0.6) is 0 Å². The fraction of sp³-hybridized carbons (Fsp3) is 0.364.